The molecule has 0 saturated carbocycles. The first-order valence-electron chi connectivity index (χ1n) is 7.22. The highest BCUT2D eigenvalue weighted by Crippen LogP contribution is 2.36. The van der Waals surface area contributed by atoms with E-state index >= 15 is 0 Å². The zero-order valence-corrected chi connectivity index (χ0v) is 13.0. The summed E-state index contributed by atoms with van der Waals surface area (Å²) in [6, 6.07) is 8.02. The van der Waals surface area contributed by atoms with Gasteiger partial charge in [0.2, 0.25) is 11.0 Å². The van der Waals surface area contributed by atoms with Gasteiger partial charge in [-0.2, -0.15) is 4.98 Å². The second kappa shape index (κ2) is 6.30. The van der Waals surface area contributed by atoms with Crippen LogP contribution in [0.2, 0.25) is 0 Å². The summed E-state index contributed by atoms with van der Waals surface area (Å²) >= 11 is 1.61. The lowest BCUT2D eigenvalue weighted by molar-refractivity contribution is 0.216. The smallest absolute Gasteiger partial charge is 0.247 e. The van der Waals surface area contributed by atoms with Gasteiger partial charge >= 0.3 is 0 Å². The van der Waals surface area contributed by atoms with Crippen LogP contribution in [0, 0.1) is 0 Å². The van der Waals surface area contributed by atoms with Crippen molar-refractivity contribution in [1.82, 2.24) is 15.2 Å². The minimum Gasteiger partial charge on any atom is -0.452 e. The Hall–Kier alpha value is -1.82. The molecule has 0 saturated heterocycles. The number of nitrogens with zero attached hydrogens (tertiary/aromatic N) is 3. The van der Waals surface area contributed by atoms with Crippen molar-refractivity contribution in [3.8, 4) is 17.1 Å². The summed E-state index contributed by atoms with van der Waals surface area (Å²) in [5.41, 5.74) is 2.69. The zero-order valence-electron chi connectivity index (χ0n) is 12.2. The molecule has 3 rings (SSSR count). The summed E-state index contributed by atoms with van der Waals surface area (Å²) in [5.74, 6) is 1.54. The summed E-state index contributed by atoms with van der Waals surface area (Å²) in [4.78, 5) is 4.53. The van der Waals surface area contributed by atoms with E-state index in [9.17, 15) is 0 Å². The van der Waals surface area contributed by atoms with Gasteiger partial charge in [-0.15, -0.1) is 10.2 Å². The van der Waals surface area contributed by atoms with Crippen LogP contribution in [0.25, 0.3) is 11.3 Å². The lowest BCUT2D eigenvalue weighted by Crippen LogP contribution is -2.24. The molecule has 2 heterocycles. The fourth-order valence-electron chi connectivity index (χ4n) is 2.14. The molecule has 1 unspecified atom stereocenters. The second-order valence-electron chi connectivity index (χ2n) is 4.80. The normalized spacial score (nSPS) is 16.2. The van der Waals surface area contributed by atoms with Crippen LogP contribution in [0.15, 0.2) is 29.4 Å². The van der Waals surface area contributed by atoms with E-state index < -0.39 is 0 Å². The molecule has 1 N–H and O–H groups in total. The number of anilines is 1. The summed E-state index contributed by atoms with van der Waals surface area (Å²) in [6.07, 6.45) is 1.82. The predicted molar refractivity (Wildman–Crippen MR) is 84.6 cm³/mol. The molecule has 21 heavy (non-hydrogen) atoms. The number of thioether (sulfide) groups is 1. The van der Waals surface area contributed by atoms with Crippen LogP contribution in [0.1, 0.15) is 26.7 Å². The van der Waals surface area contributed by atoms with Gasteiger partial charge in [-0.25, -0.2) is 0 Å². The van der Waals surface area contributed by atoms with E-state index in [0.717, 1.165) is 29.8 Å². The molecule has 1 aromatic heterocycles. The largest absolute Gasteiger partial charge is 0.452 e. The highest BCUT2D eigenvalue weighted by atomic mass is 32.2. The Morgan fingerprint density at radius 2 is 2.10 bits per heavy atom. The third kappa shape index (κ3) is 2.95. The van der Waals surface area contributed by atoms with Crippen LogP contribution in [-0.2, 0) is 0 Å². The maximum Gasteiger partial charge on any atom is 0.247 e. The van der Waals surface area contributed by atoms with Crippen LogP contribution in [0.5, 0.6) is 5.88 Å². The topological polar surface area (TPSA) is 59.9 Å². The summed E-state index contributed by atoms with van der Waals surface area (Å²) in [7, 11) is 0. The maximum absolute atomic E-state index is 5.97. The van der Waals surface area contributed by atoms with Crippen molar-refractivity contribution in [2.24, 2.45) is 0 Å². The number of para-hydroxylation sites is 1. The van der Waals surface area contributed by atoms with Crippen LogP contribution >= 0.6 is 11.8 Å². The summed E-state index contributed by atoms with van der Waals surface area (Å²) in [6.45, 7) is 4.21. The van der Waals surface area contributed by atoms with Gasteiger partial charge in [-0.1, -0.05) is 43.8 Å². The molecule has 5 nitrogen and oxygen atoms in total. The van der Waals surface area contributed by atoms with E-state index in [2.05, 4.69) is 34.3 Å². The fourth-order valence-corrected chi connectivity index (χ4v) is 2.77. The van der Waals surface area contributed by atoms with Crippen molar-refractivity contribution in [1.29, 1.82) is 0 Å². The number of aromatic nitrogens is 3. The molecule has 0 spiro atoms. The molecule has 1 aliphatic rings. The lowest BCUT2D eigenvalue weighted by Gasteiger charge is -2.16. The molecule has 0 bridgehead atoms. The van der Waals surface area contributed by atoms with Gasteiger partial charge in [0.05, 0.1) is 0 Å². The van der Waals surface area contributed by atoms with Gasteiger partial charge in [0, 0.05) is 23.4 Å². The van der Waals surface area contributed by atoms with Crippen molar-refractivity contribution in [3.63, 3.8) is 0 Å². The van der Waals surface area contributed by atoms with E-state index in [4.69, 9.17) is 4.74 Å². The van der Waals surface area contributed by atoms with E-state index in [1.54, 1.807) is 11.8 Å². The first-order chi connectivity index (χ1) is 10.3. The SMILES string of the molecule is CCCSc1nnc2c(n1)OC(CC)Nc1ccccc1-2. The first-order valence-corrected chi connectivity index (χ1v) is 8.20. The fraction of sp³-hybridized carbons (Fsp3) is 0.400. The third-order valence-electron chi connectivity index (χ3n) is 3.19. The molecular weight excluding hydrogens is 284 g/mol. The van der Waals surface area contributed by atoms with Gasteiger partial charge in [0.15, 0.2) is 11.9 Å². The summed E-state index contributed by atoms with van der Waals surface area (Å²) < 4.78 is 5.97. The Labute approximate surface area is 128 Å². The molecule has 0 radical (unpaired) electrons. The highest BCUT2D eigenvalue weighted by Gasteiger charge is 2.23. The van der Waals surface area contributed by atoms with E-state index in [1.807, 2.05) is 24.3 Å². The number of ether oxygens (including phenoxy) is 1. The first kappa shape index (κ1) is 14.1. The molecule has 0 amide bonds. The Morgan fingerprint density at radius 3 is 2.90 bits per heavy atom. The number of hydrogen-bond donors (Lipinski definition) is 1. The van der Waals surface area contributed by atoms with Gasteiger partial charge in [-0.05, 0) is 12.5 Å². The zero-order chi connectivity index (χ0) is 14.7. The molecule has 1 aromatic carbocycles. The molecule has 1 atom stereocenters. The van der Waals surface area contributed by atoms with Gasteiger partial charge in [0.25, 0.3) is 0 Å². The molecule has 6 heteroatoms. The number of hydrogen-bond acceptors (Lipinski definition) is 6. The Morgan fingerprint density at radius 1 is 1.24 bits per heavy atom. The van der Waals surface area contributed by atoms with Crippen molar-refractivity contribution in [2.45, 2.75) is 38.1 Å². The molecule has 0 aliphatic carbocycles. The quantitative estimate of drug-likeness (QED) is 0.871. The number of fused-ring (bicyclic) bond motifs is 3. The van der Waals surface area contributed by atoms with Crippen molar-refractivity contribution in [2.75, 3.05) is 11.1 Å². The molecule has 2 aromatic rings. The molecule has 1 aliphatic heterocycles. The summed E-state index contributed by atoms with van der Waals surface area (Å²) in [5, 5.41) is 12.6. The number of rotatable bonds is 4. The monoisotopic (exact) mass is 302 g/mol. The Kier molecular flexibility index (Phi) is 4.24. The maximum atomic E-state index is 5.97. The minimum atomic E-state index is -0.104. The van der Waals surface area contributed by atoms with E-state index in [1.165, 1.54) is 0 Å². The minimum absolute atomic E-state index is 0.104. The Bertz CT molecular complexity index is 635. The average molecular weight is 302 g/mol. The van der Waals surface area contributed by atoms with Crippen LogP contribution < -0.4 is 10.1 Å². The van der Waals surface area contributed by atoms with Crippen molar-refractivity contribution in [3.05, 3.63) is 24.3 Å². The lowest BCUT2D eigenvalue weighted by atomic mass is 10.1. The van der Waals surface area contributed by atoms with E-state index in [-0.39, 0.29) is 6.23 Å². The molecule has 0 fully saturated rings. The predicted octanol–water partition coefficient (Wildman–Crippen LogP) is 3.58. The van der Waals surface area contributed by atoms with Gasteiger partial charge < -0.3 is 10.1 Å². The van der Waals surface area contributed by atoms with Crippen LogP contribution in [0.3, 0.4) is 0 Å². The van der Waals surface area contributed by atoms with Crippen LogP contribution in [0.4, 0.5) is 5.69 Å². The second-order valence-corrected chi connectivity index (χ2v) is 5.86. The van der Waals surface area contributed by atoms with Crippen LogP contribution in [-0.4, -0.2) is 27.2 Å². The standard InChI is InChI=1S/C15H18N4OS/c1-3-9-21-15-17-14-13(18-19-15)10-7-5-6-8-11(10)16-12(4-2)20-14/h5-8,12,16H,3-4,9H2,1-2H3. The van der Waals surface area contributed by atoms with Crippen molar-refractivity contribution < 1.29 is 4.74 Å². The number of benzene rings is 1. The third-order valence-corrected chi connectivity index (χ3v) is 4.24. The number of nitrogens with one attached hydrogen (secondary N) is 1. The highest BCUT2D eigenvalue weighted by molar-refractivity contribution is 7.99. The van der Waals surface area contributed by atoms with Gasteiger partial charge in [0.1, 0.15) is 0 Å². The molecule has 110 valence electrons. The Balaban J connectivity index is 2.04. The average Bonchev–Trinajstić information content (AvgIpc) is 2.68. The van der Waals surface area contributed by atoms with Crippen molar-refractivity contribution >= 4 is 17.4 Å². The van der Waals surface area contributed by atoms with Gasteiger partial charge in [-0.3, -0.25) is 0 Å². The van der Waals surface area contributed by atoms with E-state index in [0.29, 0.717) is 16.7 Å². The molecular formula is C15H18N4OS.